The van der Waals surface area contributed by atoms with E-state index in [0.29, 0.717) is 12.1 Å². The average molecular weight is 283 g/mol. The second kappa shape index (κ2) is 5.74. The summed E-state index contributed by atoms with van der Waals surface area (Å²) >= 11 is 0. The number of anilines is 2. The molecule has 0 unspecified atom stereocenters. The Kier molecular flexibility index (Phi) is 3.80. The Morgan fingerprint density at radius 1 is 1.14 bits per heavy atom. The van der Waals surface area contributed by atoms with E-state index in [1.165, 1.54) is 5.69 Å². The molecule has 110 valence electrons. The van der Waals surface area contributed by atoms with Crippen molar-refractivity contribution in [1.82, 2.24) is 4.98 Å². The number of rotatable bonds is 3. The van der Waals surface area contributed by atoms with Crippen molar-refractivity contribution in [2.45, 2.75) is 24.9 Å². The van der Waals surface area contributed by atoms with Crippen molar-refractivity contribution >= 4 is 11.4 Å². The number of nitrogen functional groups attached to an aromatic ring is 1. The Balaban J connectivity index is 1.66. The predicted octanol–water partition coefficient (Wildman–Crippen LogP) is 2.24. The average Bonchev–Trinajstić information content (AvgIpc) is 2.51. The van der Waals surface area contributed by atoms with Crippen LogP contribution in [0.1, 0.15) is 18.4 Å². The van der Waals surface area contributed by atoms with Gasteiger partial charge >= 0.3 is 0 Å². The number of pyridine rings is 1. The van der Waals surface area contributed by atoms with Crippen LogP contribution in [0.15, 0.2) is 48.8 Å². The lowest BCUT2D eigenvalue weighted by Gasteiger charge is -2.39. The molecule has 1 aliphatic heterocycles. The quantitative estimate of drug-likeness (QED) is 0.907. The van der Waals surface area contributed by atoms with E-state index in [9.17, 15) is 5.11 Å². The van der Waals surface area contributed by atoms with Crippen LogP contribution in [-0.2, 0) is 6.42 Å². The van der Waals surface area contributed by atoms with Crippen LogP contribution in [-0.4, -0.2) is 28.8 Å². The van der Waals surface area contributed by atoms with Gasteiger partial charge in [0.15, 0.2) is 0 Å². The number of aliphatic hydroxyl groups is 1. The summed E-state index contributed by atoms with van der Waals surface area (Å²) < 4.78 is 0. The molecule has 1 aromatic heterocycles. The molecule has 4 heteroatoms. The Morgan fingerprint density at radius 2 is 1.86 bits per heavy atom. The second-order valence-corrected chi connectivity index (χ2v) is 5.80. The summed E-state index contributed by atoms with van der Waals surface area (Å²) in [4.78, 5) is 6.42. The van der Waals surface area contributed by atoms with Crippen LogP contribution < -0.4 is 10.6 Å². The summed E-state index contributed by atoms with van der Waals surface area (Å²) in [6.45, 7) is 1.72. The molecule has 0 amide bonds. The van der Waals surface area contributed by atoms with Gasteiger partial charge in [0.2, 0.25) is 0 Å². The fourth-order valence-corrected chi connectivity index (χ4v) is 2.94. The maximum absolute atomic E-state index is 10.8. The van der Waals surface area contributed by atoms with Gasteiger partial charge in [-0.2, -0.15) is 0 Å². The van der Waals surface area contributed by atoms with Crippen molar-refractivity contribution in [2.75, 3.05) is 23.7 Å². The molecule has 1 saturated heterocycles. The summed E-state index contributed by atoms with van der Waals surface area (Å²) in [5, 5.41) is 10.8. The molecule has 1 aliphatic rings. The Hall–Kier alpha value is -2.07. The van der Waals surface area contributed by atoms with E-state index < -0.39 is 5.60 Å². The van der Waals surface area contributed by atoms with Gasteiger partial charge in [0, 0.05) is 43.3 Å². The van der Waals surface area contributed by atoms with Gasteiger partial charge in [0.25, 0.3) is 0 Å². The highest BCUT2D eigenvalue weighted by Crippen LogP contribution is 2.30. The van der Waals surface area contributed by atoms with E-state index in [-0.39, 0.29) is 0 Å². The third-order valence-corrected chi connectivity index (χ3v) is 4.28. The van der Waals surface area contributed by atoms with Crippen LogP contribution in [0, 0.1) is 0 Å². The predicted molar refractivity (Wildman–Crippen MR) is 85.2 cm³/mol. The van der Waals surface area contributed by atoms with Gasteiger partial charge in [-0.05, 0) is 36.6 Å². The van der Waals surface area contributed by atoms with E-state index >= 15 is 0 Å². The maximum Gasteiger partial charge on any atom is 0.0722 e. The molecule has 0 radical (unpaired) electrons. The number of nitrogens with two attached hydrogens (primary N) is 1. The number of benzene rings is 1. The summed E-state index contributed by atoms with van der Waals surface area (Å²) in [7, 11) is 0. The van der Waals surface area contributed by atoms with Crippen LogP contribution in [0.2, 0.25) is 0 Å². The van der Waals surface area contributed by atoms with Crippen LogP contribution >= 0.6 is 0 Å². The van der Waals surface area contributed by atoms with Gasteiger partial charge in [-0.3, -0.25) is 4.98 Å². The Bertz CT molecular complexity index is 592. The van der Waals surface area contributed by atoms with E-state index in [0.717, 1.165) is 31.5 Å². The van der Waals surface area contributed by atoms with E-state index in [1.54, 1.807) is 18.5 Å². The molecular weight excluding hydrogens is 262 g/mol. The summed E-state index contributed by atoms with van der Waals surface area (Å²) in [5.74, 6) is 0. The van der Waals surface area contributed by atoms with E-state index in [1.807, 2.05) is 18.2 Å². The molecule has 1 aromatic carbocycles. The summed E-state index contributed by atoms with van der Waals surface area (Å²) in [5.41, 5.74) is 8.15. The van der Waals surface area contributed by atoms with Crippen molar-refractivity contribution in [1.29, 1.82) is 0 Å². The zero-order chi connectivity index (χ0) is 14.7. The second-order valence-electron chi connectivity index (χ2n) is 5.80. The largest absolute Gasteiger partial charge is 0.398 e. The molecule has 0 spiro atoms. The van der Waals surface area contributed by atoms with Crippen molar-refractivity contribution in [3.05, 3.63) is 54.4 Å². The van der Waals surface area contributed by atoms with Gasteiger partial charge in [0.05, 0.1) is 5.60 Å². The molecule has 0 bridgehead atoms. The molecule has 3 N–H and O–H groups in total. The zero-order valence-corrected chi connectivity index (χ0v) is 12.1. The molecule has 21 heavy (non-hydrogen) atoms. The van der Waals surface area contributed by atoms with Crippen molar-refractivity contribution in [3.8, 4) is 0 Å². The lowest BCUT2D eigenvalue weighted by Crippen LogP contribution is -2.45. The lowest BCUT2D eigenvalue weighted by atomic mass is 9.85. The number of hydrogen-bond acceptors (Lipinski definition) is 4. The van der Waals surface area contributed by atoms with Crippen LogP contribution in [0.25, 0.3) is 0 Å². The van der Waals surface area contributed by atoms with Crippen LogP contribution in [0.3, 0.4) is 0 Å². The standard InChI is InChI=1S/C17H21N3O/c18-16-6-9-19-13-14(16)12-17(21)7-10-20(11-8-17)15-4-2-1-3-5-15/h1-6,9,13,21H,7-8,10-12H2,(H2,18,19). The molecule has 0 aliphatic carbocycles. The molecule has 0 saturated carbocycles. The first-order valence-corrected chi connectivity index (χ1v) is 7.37. The molecule has 0 atom stereocenters. The highest BCUT2D eigenvalue weighted by Gasteiger charge is 2.33. The molecular formula is C17H21N3O. The van der Waals surface area contributed by atoms with Gasteiger partial charge in [-0.15, -0.1) is 0 Å². The number of aromatic nitrogens is 1. The molecule has 3 rings (SSSR count). The minimum absolute atomic E-state index is 0.579. The highest BCUT2D eigenvalue weighted by molar-refractivity contribution is 5.47. The highest BCUT2D eigenvalue weighted by atomic mass is 16.3. The molecule has 2 aromatic rings. The summed E-state index contributed by atoms with van der Waals surface area (Å²) in [6, 6.07) is 12.1. The fourth-order valence-electron chi connectivity index (χ4n) is 2.94. The molecule has 4 nitrogen and oxygen atoms in total. The first-order valence-electron chi connectivity index (χ1n) is 7.37. The third-order valence-electron chi connectivity index (χ3n) is 4.28. The van der Waals surface area contributed by atoms with E-state index in [2.05, 4.69) is 22.0 Å². The Morgan fingerprint density at radius 3 is 2.52 bits per heavy atom. The van der Waals surface area contributed by atoms with E-state index in [4.69, 9.17) is 5.73 Å². The normalized spacial score (nSPS) is 17.7. The van der Waals surface area contributed by atoms with Crippen molar-refractivity contribution in [3.63, 3.8) is 0 Å². The van der Waals surface area contributed by atoms with Gasteiger partial charge in [-0.1, -0.05) is 18.2 Å². The van der Waals surface area contributed by atoms with Gasteiger partial charge in [-0.25, -0.2) is 0 Å². The maximum atomic E-state index is 10.8. The first-order chi connectivity index (χ1) is 10.2. The summed E-state index contributed by atoms with van der Waals surface area (Å²) in [6.07, 6.45) is 5.51. The van der Waals surface area contributed by atoms with Gasteiger partial charge in [0.1, 0.15) is 0 Å². The SMILES string of the molecule is Nc1ccncc1CC1(O)CCN(c2ccccc2)CC1. The third kappa shape index (κ3) is 3.16. The molecule has 1 fully saturated rings. The lowest BCUT2D eigenvalue weighted by molar-refractivity contribution is 0.0166. The first kappa shape index (κ1) is 13.9. The number of hydrogen-bond donors (Lipinski definition) is 2. The van der Waals surface area contributed by atoms with Crippen LogP contribution in [0.5, 0.6) is 0 Å². The smallest absolute Gasteiger partial charge is 0.0722 e. The minimum Gasteiger partial charge on any atom is -0.398 e. The number of piperidine rings is 1. The fraction of sp³-hybridized carbons (Fsp3) is 0.353. The van der Waals surface area contributed by atoms with Crippen molar-refractivity contribution < 1.29 is 5.11 Å². The number of para-hydroxylation sites is 1. The number of nitrogens with zero attached hydrogens (tertiary/aromatic N) is 2. The minimum atomic E-state index is -0.678. The Labute approximate surface area is 125 Å². The van der Waals surface area contributed by atoms with Crippen LogP contribution in [0.4, 0.5) is 11.4 Å². The van der Waals surface area contributed by atoms with Crippen molar-refractivity contribution in [2.24, 2.45) is 0 Å². The molecule has 2 heterocycles. The topological polar surface area (TPSA) is 62.4 Å². The van der Waals surface area contributed by atoms with Gasteiger partial charge < -0.3 is 15.7 Å². The zero-order valence-electron chi connectivity index (χ0n) is 12.1. The monoisotopic (exact) mass is 283 g/mol.